The largest absolute Gasteiger partial charge is 0.497 e. The summed E-state index contributed by atoms with van der Waals surface area (Å²) in [6.07, 6.45) is 2.77. The van der Waals surface area contributed by atoms with Crippen molar-refractivity contribution >= 4 is 0 Å². The van der Waals surface area contributed by atoms with E-state index in [4.69, 9.17) is 23.7 Å². The fourth-order valence-electron chi connectivity index (χ4n) is 4.44. The first-order valence-electron chi connectivity index (χ1n) is 13.0. The van der Waals surface area contributed by atoms with Gasteiger partial charge in [-0.05, 0) is 54.9 Å². The molecule has 6 nitrogen and oxygen atoms in total. The van der Waals surface area contributed by atoms with Crippen molar-refractivity contribution in [3.63, 3.8) is 0 Å². The van der Waals surface area contributed by atoms with Gasteiger partial charge in [0.05, 0.1) is 38.6 Å². The molecule has 5 atom stereocenters. The van der Waals surface area contributed by atoms with Crippen molar-refractivity contribution in [3.05, 3.63) is 65.7 Å². The van der Waals surface area contributed by atoms with E-state index in [1.807, 2.05) is 42.5 Å². The maximum Gasteiger partial charge on any atom is 0.118 e. The van der Waals surface area contributed by atoms with E-state index < -0.39 is 6.10 Å². The van der Waals surface area contributed by atoms with E-state index in [0.29, 0.717) is 38.8 Å². The Morgan fingerprint density at radius 2 is 1.22 bits per heavy atom. The summed E-state index contributed by atoms with van der Waals surface area (Å²) in [5, 5.41) is 10.8. The Morgan fingerprint density at radius 1 is 0.667 bits per heavy atom. The second kappa shape index (κ2) is 17.5. The number of methoxy groups -OCH3 is 3. The molecule has 0 spiro atoms. The first-order chi connectivity index (χ1) is 17.5. The lowest BCUT2D eigenvalue weighted by Gasteiger charge is -2.29. The molecule has 1 N–H and O–H groups in total. The molecule has 0 aliphatic heterocycles. The van der Waals surface area contributed by atoms with Crippen LogP contribution in [0.15, 0.2) is 54.6 Å². The molecule has 36 heavy (non-hydrogen) atoms. The van der Waals surface area contributed by atoms with Crippen molar-refractivity contribution < 1.29 is 28.8 Å². The van der Waals surface area contributed by atoms with Crippen LogP contribution in [0.1, 0.15) is 50.7 Å². The molecular formula is C30H46O6. The van der Waals surface area contributed by atoms with E-state index in [0.717, 1.165) is 36.1 Å². The van der Waals surface area contributed by atoms with Gasteiger partial charge in [-0.3, -0.25) is 0 Å². The van der Waals surface area contributed by atoms with E-state index in [9.17, 15) is 5.11 Å². The maximum atomic E-state index is 10.8. The minimum Gasteiger partial charge on any atom is -0.497 e. The standard InChI is InChI=1S/C30H46O6/c1-23(29(33-4)17-19-35-22-26-12-14-27(32-3)15-13-26)11-16-28(31)24(2)30(34-5)18-20-36-21-25-9-7-6-8-10-25/h6-10,12-15,23-24,28-31H,11,16-22H2,1-5H3/t23-,24-,28-,29-,30+/m0/s1. The molecule has 0 unspecified atom stereocenters. The van der Waals surface area contributed by atoms with Gasteiger partial charge in [-0.15, -0.1) is 0 Å². The van der Waals surface area contributed by atoms with Gasteiger partial charge in [-0.2, -0.15) is 0 Å². The zero-order chi connectivity index (χ0) is 26.2. The average molecular weight is 503 g/mol. The highest BCUT2D eigenvalue weighted by Gasteiger charge is 2.26. The van der Waals surface area contributed by atoms with E-state index in [1.54, 1.807) is 21.3 Å². The fraction of sp³-hybridized carbons (Fsp3) is 0.600. The number of benzene rings is 2. The Kier molecular flexibility index (Phi) is 14.7. The van der Waals surface area contributed by atoms with Crippen molar-refractivity contribution in [2.75, 3.05) is 34.5 Å². The molecular weight excluding hydrogens is 456 g/mol. The molecule has 2 rings (SSSR count). The minimum atomic E-state index is -0.435. The molecule has 0 radical (unpaired) electrons. The summed E-state index contributed by atoms with van der Waals surface area (Å²) in [5.74, 6) is 1.18. The van der Waals surface area contributed by atoms with E-state index in [1.165, 1.54) is 0 Å². The third-order valence-electron chi connectivity index (χ3n) is 6.98. The van der Waals surface area contributed by atoms with Crippen LogP contribution in [0.5, 0.6) is 5.75 Å². The van der Waals surface area contributed by atoms with Crippen LogP contribution >= 0.6 is 0 Å². The van der Waals surface area contributed by atoms with Crippen LogP contribution in [0.2, 0.25) is 0 Å². The lowest BCUT2D eigenvalue weighted by molar-refractivity contribution is -0.0333. The SMILES string of the molecule is COc1ccc(COCC[C@H](OC)[C@@H](C)CC[C@H](O)[C@H](C)[C@@H](CCOCc2ccccc2)OC)cc1. The van der Waals surface area contributed by atoms with Gasteiger partial charge >= 0.3 is 0 Å². The summed E-state index contributed by atoms with van der Waals surface area (Å²) in [6.45, 7) is 6.62. The van der Waals surface area contributed by atoms with Crippen molar-refractivity contribution in [2.45, 2.75) is 71.1 Å². The molecule has 202 valence electrons. The Hall–Kier alpha value is -1.96. The summed E-state index contributed by atoms with van der Waals surface area (Å²) >= 11 is 0. The van der Waals surface area contributed by atoms with Gasteiger partial charge in [0.25, 0.3) is 0 Å². The van der Waals surface area contributed by atoms with Gasteiger partial charge < -0.3 is 28.8 Å². The first kappa shape index (κ1) is 30.3. The van der Waals surface area contributed by atoms with Crippen LogP contribution in [0, 0.1) is 11.8 Å². The van der Waals surface area contributed by atoms with Gasteiger partial charge in [0, 0.05) is 33.4 Å². The summed E-state index contributed by atoms with van der Waals surface area (Å²) in [7, 11) is 5.12. The van der Waals surface area contributed by atoms with E-state index in [-0.39, 0.29) is 18.1 Å². The van der Waals surface area contributed by atoms with Crippen LogP contribution in [-0.2, 0) is 32.2 Å². The topological polar surface area (TPSA) is 66.4 Å². The van der Waals surface area contributed by atoms with Crippen LogP contribution < -0.4 is 4.74 Å². The Bertz CT molecular complexity index is 797. The van der Waals surface area contributed by atoms with Gasteiger partial charge in [-0.25, -0.2) is 0 Å². The average Bonchev–Trinajstić information content (AvgIpc) is 2.92. The lowest BCUT2D eigenvalue weighted by Crippen LogP contribution is -2.33. The summed E-state index contributed by atoms with van der Waals surface area (Å²) in [5.41, 5.74) is 2.28. The van der Waals surface area contributed by atoms with Crippen LogP contribution in [-0.4, -0.2) is 58.0 Å². The Labute approximate surface area is 217 Å². The van der Waals surface area contributed by atoms with Gasteiger partial charge in [0.15, 0.2) is 0 Å². The normalized spacial score (nSPS) is 15.7. The quantitative estimate of drug-likeness (QED) is 0.250. The highest BCUT2D eigenvalue weighted by atomic mass is 16.5. The zero-order valence-corrected chi connectivity index (χ0v) is 22.7. The summed E-state index contributed by atoms with van der Waals surface area (Å²) in [4.78, 5) is 0. The number of aliphatic hydroxyl groups excluding tert-OH is 1. The monoisotopic (exact) mass is 502 g/mol. The highest BCUT2D eigenvalue weighted by Crippen LogP contribution is 2.24. The molecule has 0 aliphatic rings. The molecule has 0 fully saturated rings. The van der Waals surface area contributed by atoms with Crippen molar-refractivity contribution in [1.82, 2.24) is 0 Å². The Balaban J connectivity index is 1.66. The molecule has 2 aromatic rings. The molecule has 0 amide bonds. The highest BCUT2D eigenvalue weighted by molar-refractivity contribution is 5.26. The molecule has 0 heterocycles. The molecule has 0 saturated heterocycles. The predicted molar refractivity (Wildman–Crippen MR) is 143 cm³/mol. The second-order valence-corrected chi connectivity index (χ2v) is 9.55. The van der Waals surface area contributed by atoms with Crippen molar-refractivity contribution in [3.8, 4) is 5.75 Å². The molecule has 0 saturated carbocycles. The minimum absolute atomic E-state index is 0.0244. The summed E-state index contributed by atoms with van der Waals surface area (Å²) in [6, 6.07) is 18.1. The number of hydrogen-bond donors (Lipinski definition) is 1. The van der Waals surface area contributed by atoms with E-state index in [2.05, 4.69) is 26.0 Å². The second-order valence-electron chi connectivity index (χ2n) is 9.55. The lowest BCUT2D eigenvalue weighted by atomic mass is 9.88. The molecule has 2 aromatic carbocycles. The number of rotatable bonds is 19. The predicted octanol–water partition coefficient (Wildman–Crippen LogP) is 5.65. The zero-order valence-electron chi connectivity index (χ0n) is 22.7. The number of ether oxygens (including phenoxy) is 5. The number of aliphatic hydroxyl groups is 1. The molecule has 0 aromatic heterocycles. The van der Waals surface area contributed by atoms with Gasteiger partial charge in [0.1, 0.15) is 5.75 Å². The van der Waals surface area contributed by atoms with Gasteiger partial charge in [-0.1, -0.05) is 56.3 Å². The smallest absolute Gasteiger partial charge is 0.118 e. The maximum absolute atomic E-state index is 10.8. The van der Waals surface area contributed by atoms with Crippen molar-refractivity contribution in [1.29, 1.82) is 0 Å². The Morgan fingerprint density at radius 3 is 1.78 bits per heavy atom. The van der Waals surface area contributed by atoms with Gasteiger partial charge in [0.2, 0.25) is 0 Å². The molecule has 0 aliphatic carbocycles. The number of hydrogen-bond acceptors (Lipinski definition) is 6. The molecule has 6 heteroatoms. The van der Waals surface area contributed by atoms with Crippen LogP contribution in [0.3, 0.4) is 0 Å². The third kappa shape index (κ3) is 11.0. The first-order valence-corrected chi connectivity index (χ1v) is 13.0. The fourth-order valence-corrected chi connectivity index (χ4v) is 4.44. The van der Waals surface area contributed by atoms with Crippen LogP contribution in [0.25, 0.3) is 0 Å². The van der Waals surface area contributed by atoms with Crippen molar-refractivity contribution in [2.24, 2.45) is 11.8 Å². The summed E-state index contributed by atoms with van der Waals surface area (Å²) < 4.78 is 28.3. The third-order valence-corrected chi connectivity index (χ3v) is 6.98. The van der Waals surface area contributed by atoms with E-state index >= 15 is 0 Å². The van der Waals surface area contributed by atoms with Crippen LogP contribution in [0.4, 0.5) is 0 Å². The molecule has 0 bridgehead atoms.